The second kappa shape index (κ2) is 14.7. The van der Waals surface area contributed by atoms with Crippen LogP contribution in [0.1, 0.15) is 0 Å². The van der Waals surface area contributed by atoms with E-state index in [1.807, 2.05) is 24.3 Å². The topological polar surface area (TPSA) is 48.5 Å². The van der Waals surface area contributed by atoms with Crippen LogP contribution in [0.25, 0.3) is 111 Å². The van der Waals surface area contributed by atoms with Gasteiger partial charge in [-0.15, -0.1) is 0 Å². The van der Waals surface area contributed by atoms with Crippen LogP contribution in [-0.2, 0) is 0 Å². The third kappa shape index (κ3) is 5.90. The van der Waals surface area contributed by atoms with Crippen LogP contribution >= 0.6 is 0 Å². The molecule has 3 aromatic heterocycles. The van der Waals surface area contributed by atoms with Gasteiger partial charge in [0.25, 0.3) is 0 Å². The Morgan fingerprint density at radius 3 is 0.952 bits per heavy atom. The Morgan fingerprint density at radius 2 is 0.532 bits per heavy atom. The van der Waals surface area contributed by atoms with Crippen molar-refractivity contribution in [3.63, 3.8) is 0 Å². The molecule has 0 fully saturated rings. The fourth-order valence-corrected chi connectivity index (χ4v) is 9.15. The second-order valence-electron chi connectivity index (χ2n) is 15.6. The summed E-state index contributed by atoms with van der Waals surface area (Å²) in [6.45, 7) is 0. The van der Waals surface area contributed by atoms with E-state index < -0.39 is 0 Å². The molecule has 9 aromatic carbocycles. The van der Waals surface area contributed by atoms with E-state index in [0.717, 1.165) is 72.4 Å². The van der Waals surface area contributed by atoms with Crippen LogP contribution in [0, 0.1) is 0 Å². The molecule has 0 bridgehead atoms. The SMILES string of the molecule is c1ccc(-c2ccc(-c3nc(-c4ccccc4)nc(-c4cc(-n5c6ccccc6c6ccccc65)c(-c5ccccc5)c(-n5c6ccccc6c6ccccc65)c4)n3)cc2)cc1. The summed E-state index contributed by atoms with van der Waals surface area (Å²) in [6, 6.07) is 79.3. The molecule has 0 aliphatic heterocycles. The molecule has 0 unspecified atom stereocenters. The molecule has 0 amide bonds. The Labute approximate surface area is 358 Å². The monoisotopic (exact) mass is 791 g/mol. The first-order valence-electron chi connectivity index (χ1n) is 21.0. The molecule has 0 aliphatic carbocycles. The van der Waals surface area contributed by atoms with E-state index in [1.165, 1.54) is 21.5 Å². The number of fused-ring (bicyclic) bond motifs is 6. The summed E-state index contributed by atoms with van der Waals surface area (Å²) in [6.07, 6.45) is 0. The average Bonchev–Trinajstić information content (AvgIpc) is 3.87. The lowest BCUT2D eigenvalue weighted by molar-refractivity contribution is 1.07. The maximum Gasteiger partial charge on any atom is 0.164 e. The van der Waals surface area contributed by atoms with Crippen molar-refractivity contribution in [2.24, 2.45) is 0 Å². The smallest absolute Gasteiger partial charge is 0.164 e. The normalized spacial score (nSPS) is 11.5. The van der Waals surface area contributed by atoms with Crippen LogP contribution < -0.4 is 0 Å². The van der Waals surface area contributed by atoms with E-state index in [4.69, 9.17) is 15.0 Å². The standard InChI is InChI=1S/C57H37N5/c1-4-18-38(19-5-1)39-32-34-42(35-33-39)56-58-55(41-22-8-3-9-23-41)59-57(60-56)43-36-52(61-48-28-14-10-24-44(48)45-25-11-15-29-49(45)61)54(40-20-6-2-7-21-40)53(37-43)62-50-30-16-12-26-46(50)47-27-13-17-31-51(47)62/h1-37H. The molecule has 12 rings (SSSR count). The van der Waals surface area contributed by atoms with Crippen LogP contribution in [0.2, 0.25) is 0 Å². The zero-order chi connectivity index (χ0) is 41.0. The van der Waals surface area contributed by atoms with Crippen LogP contribution in [0.4, 0.5) is 0 Å². The summed E-state index contributed by atoms with van der Waals surface area (Å²) < 4.78 is 4.85. The van der Waals surface area contributed by atoms with E-state index in [9.17, 15) is 0 Å². The van der Waals surface area contributed by atoms with Gasteiger partial charge >= 0.3 is 0 Å². The molecule has 5 heteroatoms. The molecule has 0 atom stereocenters. The van der Waals surface area contributed by atoms with Gasteiger partial charge < -0.3 is 9.13 Å². The molecule has 0 aliphatic rings. The van der Waals surface area contributed by atoms with Crippen molar-refractivity contribution in [2.45, 2.75) is 0 Å². The Balaban J connectivity index is 1.20. The summed E-state index contributed by atoms with van der Waals surface area (Å²) in [5, 5.41) is 4.77. The first-order valence-corrected chi connectivity index (χ1v) is 21.0. The van der Waals surface area contributed by atoms with E-state index >= 15 is 0 Å². The van der Waals surface area contributed by atoms with E-state index in [0.29, 0.717) is 17.5 Å². The van der Waals surface area contributed by atoms with Crippen LogP contribution in [-0.4, -0.2) is 24.1 Å². The molecule has 0 saturated carbocycles. The molecule has 0 spiro atoms. The number of hydrogen-bond donors (Lipinski definition) is 0. The van der Waals surface area contributed by atoms with Gasteiger partial charge in [0.05, 0.1) is 33.4 Å². The van der Waals surface area contributed by atoms with Crippen molar-refractivity contribution in [3.8, 4) is 67.8 Å². The number of rotatable bonds is 7. The molecule has 5 nitrogen and oxygen atoms in total. The molecule has 0 radical (unpaired) electrons. The summed E-state index contributed by atoms with van der Waals surface area (Å²) in [4.78, 5) is 15.8. The molecule has 12 aromatic rings. The van der Waals surface area contributed by atoms with Gasteiger partial charge in [-0.05, 0) is 53.1 Å². The number of hydrogen-bond acceptors (Lipinski definition) is 3. The van der Waals surface area contributed by atoms with E-state index in [-0.39, 0.29) is 0 Å². The van der Waals surface area contributed by atoms with Crippen molar-refractivity contribution in [3.05, 3.63) is 224 Å². The minimum absolute atomic E-state index is 0.588. The first-order chi connectivity index (χ1) is 30.8. The first kappa shape index (κ1) is 35.5. The van der Waals surface area contributed by atoms with E-state index in [1.54, 1.807) is 0 Å². The maximum atomic E-state index is 5.36. The summed E-state index contributed by atoms with van der Waals surface area (Å²) in [5.74, 6) is 1.81. The minimum atomic E-state index is 0.588. The number of para-hydroxylation sites is 4. The molecule has 290 valence electrons. The predicted octanol–water partition coefficient (Wildman–Crippen LogP) is 14.4. The van der Waals surface area contributed by atoms with Gasteiger partial charge in [0.1, 0.15) is 0 Å². The van der Waals surface area contributed by atoms with E-state index in [2.05, 4.69) is 209 Å². The van der Waals surface area contributed by atoms with Crippen molar-refractivity contribution in [1.29, 1.82) is 0 Å². The quantitative estimate of drug-likeness (QED) is 0.162. The highest BCUT2D eigenvalue weighted by Gasteiger charge is 2.24. The van der Waals surface area contributed by atoms with Gasteiger partial charge in [0, 0.05) is 43.8 Å². The van der Waals surface area contributed by atoms with Crippen LogP contribution in [0.5, 0.6) is 0 Å². The molecule has 0 saturated heterocycles. The fourth-order valence-electron chi connectivity index (χ4n) is 9.15. The molecule has 0 N–H and O–H groups in total. The van der Waals surface area contributed by atoms with Gasteiger partial charge in [-0.2, -0.15) is 0 Å². The fraction of sp³-hybridized carbons (Fsp3) is 0. The Bertz CT molecular complexity index is 3370. The van der Waals surface area contributed by atoms with Crippen molar-refractivity contribution in [1.82, 2.24) is 24.1 Å². The number of aromatic nitrogens is 5. The lowest BCUT2D eigenvalue weighted by atomic mass is 9.97. The minimum Gasteiger partial charge on any atom is -0.309 e. The third-order valence-corrected chi connectivity index (χ3v) is 12.0. The van der Waals surface area contributed by atoms with Gasteiger partial charge in [-0.3, -0.25) is 0 Å². The summed E-state index contributed by atoms with van der Waals surface area (Å²) in [5.41, 5.74) is 13.7. The predicted molar refractivity (Wildman–Crippen MR) is 256 cm³/mol. The second-order valence-corrected chi connectivity index (χ2v) is 15.6. The van der Waals surface area contributed by atoms with Gasteiger partial charge in [0.15, 0.2) is 17.5 Å². The Hall–Kier alpha value is -8.41. The Kier molecular flexibility index (Phi) is 8.42. The van der Waals surface area contributed by atoms with Crippen molar-refractivity contribution < 1.29 is 0 Å². The molecule has 3 heterocycles. The summed E-state index contributed by atoms with van der Waals surface area (Å²) >= 11 is 0. The van der Waals surface area contributed by atoms with Crippen molar-refractivity contribution >= 4 is 43.6 Å². The molecule has 62 heavy (non-hydrogen) atoms. The third-order valence-electron chi connectivity index (χ3n) is 12.0. The van der Waals surface area contributed by atoms with Crippen LogP contribution in [0.15, 0.2) is 224 Å². The van der Waals surface area contributed by atoms with Crippen LogP contribution in [0.3, 0.4) is 0 Å². The van der Waals surface area contributed by atoms with Crippen molar-refractivity contribution in [2.75, 3.05) is 0 Å². The zero-order valence-corrected chi connectivity index (χ0v) is 33.6. The zero-order valence-electron chi connectivity index (χ0n) is 33.6. The number of nitrogens with zero attached hydrogens (tertiary/aromatic N) is 5. The van der Waals surface area contributed by atoms with Gasteiger partial charge in [-0.1, -0.05) is 188 Å². The molecular weight excluding hydrogens is 755 g/mol. The lowest BCUT2D eigenvalue weighted by Crippen LogP contribution is -2.06. The summed E-state index contributed by atoms with van der Waals surface area (Å²) in [7, 11) is 0. The highest BCUT2D eigenvalue weighted by atomic mass is 15.1. The van der Waals surface area contributed by atoms with Gasteiger partial charge in [0.2, 0.25) is 0 Å². The highest BCUT2D eigenvalue weighted by molar-refractivity contribution is 6.12. The molecular formula is C57H37N5. The van der Waals surface area contributed by atoms with Gasteiger partial charge in [-0.25, -0.2) is 15.0 Å². The maximum absolute atomic E-state index is 5.36. The lowest BCUT2D eigenvalue weighted by Gasteiger charge is -2.22. The Morgan fingerprint density at radius 1 is 0.242 bits per heavy atom. The largest absolute Gasteiger partial charge is 0.309 e. The number of benzene rings is 9. The average molecular weight is 792 g/mol. The highest BCUT2D eigenvalue weighted by Crippen LogP contribution is 2.44.